The molecule has 1 aromatic carbocycles. The highest BCUT2D eigenvalue weighted by molar-refractivity contribution is 9.10. The van der Waals surface area contributed by atoms with Crippen molar-refractivity contribution in [1.29, 1.82) is 0 Å². The summed E-state index contributed by atoms with van der Waals surface area (Å²) in [5, 5.41) is 6.85. The average Bonchev–Trinajstić information content (AvgIpc) is 2.92. The quantitative estimate of drug-likeness (QED) is 0.870. The van der Waals surface area contributed by atoms with Gasteiger partial charge in [0.05, 0.1) is 11.6 Å². The largest absolute Gasteiger partial charge is 0.350 e. The molecular formula is C15H16BrFN2OS. The van der Waals surface area contributed by atoms with Gasteiger partial charge in [-0.1, -0.05) is 15.9 Å². The number of thiophene rings is 1. The maximum absolute atomic E-state index is 13.8. The molecule has 0 aliphatic rings. The van der Waals surface area contributed by atoms with E-state index in [9.17, 15) is 9.18 Å². The summed E-state index contributed by atoms with van der Waals surface area (Å²) in [5.74, 6) is -0.930. The van der Waals surface area contributed by atoms with Gasteiger partial charge in [0.15, 0.2) is 0 Å². The van der Waals surface area contributed by atoms with E-state index in [4.69, 9.17) is 0 Å². The zero-order chi connectivity index (χ0) is 15.4. The van der Waals surface area contributed by atoms with Gasteiger partial charge in [-0.25, -0.2) is 4.39 Å². The number of hydrogen-bond donors (Lipinski definition) is 1. The summed E-state index contributed by atoms with van der Waals surface area (Å²) in [4.78, 5) is 14.1. The Morgan fingerprint density at radius 2 is 2.19 bits per heavy atom. The van der Waals surface area contributed by atoms with Crippen LogP contribution in [0.5, 0.6) is 0 Å². The fraction of sp³-hybridized carbons (Fsp3) is 0.267. The van der Waals surface area contributed by atoms with Gasteiger partial charge in [-0.3, -0.25) is 4.79 Å². The highest BCUT2D eigenvalue weighted by Crippen LogP contribution is 2.20. The van der Waals surface area contributed by atoms with Crippen LogP contribution >= 0.6 is 27.3 Å². The van der Waals surface area contributed by atoms with E-state index in [1.807, 2.05) is 30.4 Å². The van der Waals surface area contributed by atoms with Crippen molar-refractivity contribution in [1.82, 2.24) is 10.2 Å². The number of amides is 1. The molecular weight excluding hydrogens is 355 g/mol. The van der Waals surface area contributed by atoms with Crippen LogP contribution in [-0.2, 0) is 0 Å². The van der Waals surface area contributed by atoms with Crippen molar-refractivity contribution in [3.63, 3.8) is 0 Å². The average molecular weight is 371 g/mol. The standard InChI is InChI=1S/C15H16BrFN2OS/c1-19(2)14(10-5-6-21-9-10)8-18-15(20)12-4-3-11(16)7-13(12)17/h3-7,9,14H,8H2,1-2H3,(H,18,20)/t14-/m0/s1. The van der Waals surface area contributed by atoms with E-state index >= 15 is 0 Å². The smallest absolute Gasteiger partial charge is 0.254 e. The Morgan fingerprint density at radius 1 is 1.43 bits per heavy atom. The van der Waals surface area contributed by atoms with Crippen molar-refractivity contribution < 1.29 is 9.18 Å². The molecule has 0 bridgehead atoms. The molecule has 0 aliphatic heterocycles. The van der Waals surface area contributed by atoms with Crippen molar-refractivity contribution in [3.8, 4) is 0 Å². The first kappa shape index (κ1) is 16.1. The predicted octanol–water partition coefficient (Wildman–Crippen LogP) is 3.68. The number of nitrogens with one attached hydrogen (secondary N) is 1. The van der Waals surface area contributed by atoms with E-state index < -0.39 is 11.7 Å². The molecule has 1 N–H and O–H groups in total. The molecule has 112 valence electrons. The molecule has 0 fully saturated rings. The monoisotopic (exact) mass is 370 g/mol. The molecule has 0 saturated carbocycles. The third-order valence-corrected chi connectivity index (χ3v) is 4.38. The van der Waals surface area contributed by atoms with Crippen LogP contribution in [0.25, 0.3) is 0 Å². The topological polar surface area (TPSA) is 32.3 Å². The second-order valence-corrected chi connectivity index (χ2v) is 6.57. The zero-order valence-corrected chi connectivity index (χ0v) is 14.2. The molecule has 0 radical (unpaired) electrons. The number of carbonyl (C=O) groups excluding carboxylic acids is 1. The van der Waals surface area contributed by atoms with Gasteiger partial charge in [-0.05, 0) is 54.7 Å². The maximum atomic E-state index is 13.8. The van der Waals surface area contributed by atoms with Crippen LogP contribution in [0.2, 0.25) is 0 Å². The van der Waals surface area contributed by atoms with Crippen molar-refractivity contribution in [2.24, 2.45) is 0 Å². The third kappa shape index (κ3) is 4.12. The molecule has 2 rings (SSSR count). The van der Waals surface area contributed by atoms with Gasteiger partial charge in [-0.2, -0.15) is 11.3 Å². The summed E-state index contributed by atoms with van der Waals surface area (Å²) < 4.78 is 14.4. The molecule has 21 heavy (non-hydrogen) atoms. The molecule has 1 heterocycles. The Kier molecular flexibility index (Phi) is 5.50. The van der Waals surface area contributed by atoms with Gasteiger partial charge in [0.1, 0.15) is 5.82 Å². The van der Waals surface area contributed by atoms with E-state index in [1.54, 1.807) is 17.4 Å². The van der Waals surface area contributed by atoms with Crippen LogP contribution in [-0.4, -0.2) is 31.4 Å². The summed E-state index contributed by atoms with van der Waals surface area (Å²) in [6.45, 7) is 0.429. The SMILES string of the molecule is CN(C)[C@@H](CNC(=O)c1ccc(Br)cc1F)c1ccsc1. The minimum absolute atomic E-state index is 0.0565. The van der Waals surface area contributed by atoms with Crippen LogP contribution in [0.4, 0.5) is 4.39 Å². The normalized spacial score (nSPS) is 12.4. The lowest BCUT2D eigenvalue weighted by Gasteiger charge is -2.24. The van der Waals surface area contributed by atoms with E-state index in [0.29, 0.717) is 11.0 Å². The summed E-state index contributed by atoms with van der Waals surface area (Å²) in [6.07, 6.45) is 0. The number of halogens is 2. The van der Waals surface area contributed by atoms with Gasteiger partial charge in [0.2, 0.25) is 0 Å². The molecule has 1 aromatic heterocycles. The van der Waals surface area contributed by atoms with Crippen molar-refractivity contribution in [2.45, 2.75) is 6.04 Å². The summed E-state index contributed by atoms with van der Waals surface area (Å²) >= 11 is 4.79. The fourth-order valence-corrected chi connectivity index (χ4v) is 3.06. The zero-order valence-electron chi connectivity index (χ0n) is 11.8. The van der Waals surface area contributed by atoms with Gasteiger partial charge < -0.3 is 10.2 Å². The first-order valence-corrected chi connectivity index (χ1v) is 8.14. The van der Waals surface area contributed by atoms with Crippen LogP contribution in [0.3, 0.4) is 0 Å². The lowest BCUT2D eigenvalue weighted by atomic mass is 10.1. The molecule has 0 unspecified atom stereocenters. The Bertz CT molecular complexity index is 616. The second-order valence-electron chi connectivity index (χ2n) is 4.87. The number of benzene rings is 1. The van der Waals surface area contributed by atoms with E-state index in [0.717, 1.165) is 5.56 Å². The molecule has 1 atom stereocenters. The summed E-state index contributed by atoms with van der Waals surface area (Å²) in [7, 11) is 3.91. The lowest BCUT2D eigenvalue weighted by molar-refractivity contribution is 0.0938. The Balaban J connectivity index is 2.05. The Hall–Kier alpha value is -1.24. The van der Waals surface area contributed by atoms with Crippen LogP contribution in [0.1, 0.15) is 22.0 Å². The molecule has 0 spiro atoms. The number of hydrogen-bond acceptors (Lipinski definition) is 3. The van der Waals surface area contributed by atoms with Gasteiger partial charge in [0, 0.05) is 11.0 Å². The minimum atomic E-state index is -0.529. The highest BCUT2D eigenvalue weighted by atomic mass is 79.9. The molecule has 2 aromatic rings. The third-order valence-electron chi connectivity index (χ3n) is 3.18. The minimum Gasteiger partial charge on any atom is -0.350 e. The second kappa shape index (κ2) is 7.15. The highest BCUT2D eigenvalue weighted by Gasteiger charge is 2.17. The molecule has 0 saturated heterocycles. The Labute approximate surface area is 135 Å². The summed E-state index contributed by atoms with van der Waals surface area (Å²) in [5.41, 5.74) is 1.20. The Morgan fingerprint density at radius 3 is 2.76 bits per heavy atom. The van der Waals surface area contributed by atoms with Crippen LogP contribution in [0, 0.1) is 5.82 Å². The first-order valence-electron chi connectivity index (χ1n) is 6.41. The molecule has 0 aliphatic carbocycles. The summed E-state index contributed by atoms with van der Waals surface area (Å²) in [6, 6.07) is 6.52. The van der Waals surface area contributed by atoms with Crippen LogP contribution in [0.15, 0.2) is 39.5 Å². The van der Waals surface area contributed by atoms with Crippen LogP contribution < -0.4 is 5.32 Å². The van der Waals surface area contributed by atoms with Gasteiger partial charge in [-0.15, -0.1) is 0 Å². The van der Waals surface area contributed by atoms with E-state index in [1.165, 1.54) is 12.1 Å². The first-order chi connectivity index (χ1) is 9.99. The van der Waals surface area contributed by atoms with E-state index in [-0.39, 0.29) is 11.6 Å². The van der Waals surface area contributed by atoms with Crippen molar-refractivity contribution >= 4 is 33.2 Å². The maximum Gasteiger partial charge on any atom is 0.254 e. The lowest BCUT2D eigenvalue weighted by Crippen LogP contribution is -2.34. The van der Waals surface area contributed by atoms with Gasteiger partial charge in [0.25, 0.3) is 5.91 Å². The predicted molar refractivity (Wildman–Crippen MR) is 87.2 cm³/mol. The van der Waals surface area contributed by atoms with Gasteiger partial charge >= 0.3 is 0 Å². The molecule has 1 amide bonds. The number of likely N-dealkylation sites (N-methyl/N-ethyl adjacent to an activating group) is 1. The fourth-order valence-electron chi connectivity index (χ4n) is 2.02. The molecule has 3 nitrogen and oxygen atoms in total. The molecule has 6 heteroatoms. The number of carbonyl (C=O) groups is 1. The number of rotatable bonds is 5. The number of nitrogens with zero attached hydrogens (tertiary/aromatic N) is 1. The van der Waals surface area contributed by atoms with Crippen molar-refractivity contribution in [3.05, 3.63) is 56.4 Å². The van der Waals surface area contributed by atoms with E-state index in [2.05, 4.69) is 26.6 Å². The van der Waals surface area contributed by atoms with Crippen molar-refractivity contribution in [2.75, 3.05) is 20.6 Å².